The number of rotatable bonds is 10. The number of carbonyl (C=O) groups excluding carboxylic acids is 1. The topological polar surface area (TPSA) is 88.2 Å². The molecule has 0 saturated heterocycles. The van der Waals surface area contributed by atoms with Gasteiger partial charge in [-0.3, -0.25) is 9.69 Å². The highest BCUT2D eigenvalue weighted by molar-refractivity contribution is 6.06. The second-order valence-corrected chi connectivity index (χ2v) is 9.05. The Balaban J connectivity index is 1.66. The van der Waals surface area contributed by atoms with Crippen molar-refractivity contribution in [2.24, 2.45) is 22.6 Å². The lowest BCUT2D eigenvalue weighted by molar-refractivity contribution is -0.133. The number of guanidine groups is 1. The van der Waals surface area contributed by atoms with Crippen LogP contribution in [0.2, 0.25) is 0 Å². The minimum atomic E-state index is -0.652. The van der Waals surface area contributed by atoms with Crippen LogP contribution in [-0.4, -0.2) is 53.8 Å². The van der Waals surface area contributed by atoms with Crippen molar-refractivity contribution in [2.75, 3.05) is 26.4 Å². The Labute approximate surface area is 169 Å². The maximum atomic E-state index is 13.5. The van der Waals surface area contributed by atoms with Crippen molar-refractivity contribution in [3.8, 4) is 0 Å². The standard InChI is InChI=1S/C22H39N3O3/c23-21-24-22(17-19-9-5-2-6-10-19,12-11-18-7-3-1-4-8-18)20(27)25(21)13-15-28-16-14-26/h18-19,26H,1-17H2,(H2,23,24)/t22-/m1/s1. The van der Waals surface area contributed by atoms with E-state index in [1.807, 2.05) is 0 Å². The van der Waals surface area contributed by atoms with Gasteiger partial charge in [0.2, 0.25) is 0 Å². The summed E-state index contributed by atoms with van der Waals surface area (Å²) in [6.07, 6.45) is 15.7. The van der Waals surface area contributed by atoms with Crippen LogP contribution in [0, 0.1) is 11.8 Å². The van der Waals surface area contributed by atoms with Gasteiger partial charge < -0.3 is 15.6 Å². The molecular formula is C22H39N3O3. The Morgan fingerprint density at radius 2 is 1.68 bits per heavy atom. The number of hydrogen-bond acceptors (Lipinski definition) is 5. The van der Waals surface area contributed by atoms with Crippen molar-refractivity contribution >= 4 is 11.9 Å². The molecule has 3 N–H and O–H groups in total. The zero-order valence-corrected chi connectivity index (χ0v) is 17.4. The van der Waals surface area contributed by atoms with Crippen molar-refractivity contribution in [3.63, 3.8) is 0 Å². The van der Waals surface area contributed by atoms with Crippen LogP contribution in [0.5, 0.6) is 0 Å². The third-order valence-electron chi connectivity index (χ3n) is 6.99. The Hall–Kier alpha value is -1.14. The van der Waals surface area contributed by atoms with Crippen LogP contribution >= 0.6 is 0 Å². The van der Waals surface area contributed by atoms with Crippen molar-refractivity contribution in [1.82, 2.24) is 4.90 Å². The molecule has 1 aliphatic heterocycles. The number of carbonyl (C=O) groups is 1. The number of nitrogens with two attached hydrogens (primary N) is 1. The fraction of sp³-hybridized carbons (Fsp3) is 0.909. The zero-order valence-electron chi connectivity index (χ0n) is 17.4. The van der Waals surface area contributed by atoms with E-state index in [1.165, 1.54) is 64.2 Å². The van der Waals surface area contributed by atoms with Gasteiger partial charge in [0.1, 0.15) is 5.54 Å². The first-order valence-corrected chi connectivity index (χ1v) is 11.5. The molecule has 28 heavy (non-hydrogen) atoms. The van der Waals surface area contributed by atoms with Crippen LogP contribution < -0.4 is 5.73 Å². The molecule has 0 aromatic carbocycles. The molecule has 0 unspecified atom stereocenters. The van der Waals surface area contributed by atoms with Gasteiger partial charge in [0, 0.05) is 0 Å². The minimum Gasteiger partial charge on any atom is -0.394 e. The molecule has 2 aliphatic carbocycles. The number of aliphatic hydroxyl groups excluding tert-OH is 1. The van der Waals surface area contributed by atoms with Crippen molar-refractivity contribution in [3.05, 3.63) is 0 Å². The molecule has 1 atom stereocenters. The average Bonchev–Trinajstić information content (AvgIpc) is 2.95. The third-order valence-corrected chi connectivity index (χ3v) is 6.99. The molecule has 6 heteroatoms. The molecule has 3 rings (SSSR count). The molecule has 0 bridgehead atoms. The monoisotopic (exact) mass is 393 g/mol. The normalized spacial score (nSPS) is 27.4. The minimum absolute atomic E-state index is 0.00940. The molecule has 1 heterocycles. The van der Waals surface area contributed by atoms with Crippen molar-refractivity contribution < 1.29 is 14.6 Å². The molecule has 1 amide bonds. The van der Waals surface area contributed by atoms with E-state index in [-0.39, 0.29) is 19.1 Å². The molecule has 0 aromatic rings. The number of aliphatic imine (C=N–C) groups is 1. The molecule has 0 aromatic heterocycles. The van der Waals surface area contributed by atoms with E-state index in [1.54, 1.807) is 4.90 Å². The van der Waals surface area contributed by atoms with Crippen molar-refractivity contribution in [2.45, 2.75) is 89.0 Å². The summed E-state index contributed by atoms with van der Waals surface area (Å²) in [5, 5.41) is 8.87. The van der Waals surface area contributed by atoms with E-state index in [0.717, 1.165) is 25.2 Å². The highest BCUT2D eigenvalue weighted by Gasteiger charge is 2.48. The average molecular weight is 394 g/mol. The van der Waals surface area contributed by atoms with Crippen LogP contribution in [0.25, 0.3) is 0 Å². The summed E-state index contributed by atoms with van der Waals surface area (Å²) in [7, 11) is 0. The van der Waals surface area contributed by atoms with E-state index in [9.17, 15) is 4.79 Å². The van der Waals surface area contributed by atoms with Crippen LogP contribution in [-0.2, 0) is 9.53 Å². The number of hydrogen-bond donors (Lipinski definition) is 2. The SMILES string of the molecule is NC1=N[C@](CCC2CCCCC2)(CC2CCCCC2)C(=O)N1CCOCCO. The lowest BCUT2D eigenvalue weighted by Gasteiger charge is -2.33. The number of ether oxygens (including phenoxy) is 1. The predicted molar refractivity (Wildman–Crippen MR) is 111 cm³/mol. The largest absolute Gasteiger partial charge is 0.394 e. The van der Waals surface area contributed by atoms with Crippen LogP contribution in [0.3, 0.4) is 0 Å². The Morgan fingerprint density at radius 1 is 1.04 bits per heavy atom. The first-order valence-electron chi connectivity index (χ1n) is 11.5. The van der Waals surface area contributed by atoms with E-state index < -0.39 is 5.54 Å². The molecule has 3 aliphatic rings. The van der Waals surface area contributed by atoms with Gasteiger partial charge in [-0.1, -0.05) is 64.2 Å². The van der Waals surface area contributed by atoms with Gasteiger partial charge in [0.15, 0.2) is 5.96 Å². The number of aliphatic hydroxyl groups is 1. The van der Waals surface area contributed by atoms with Gasteiger partial charge in [-0.05, 0) is 31.1 Å². The molecule has 2 fully saturated rings. The quantitative estimate of drug-likeness (QED) is 0.558. The van der Waals surface area contributed by atoms with Gasteiger partial charge >= 0.3 is 0 Å². The van der Waals surface area contributed by atoms with Crippen molar-refractivity contribution in [1.29, 1.82) is 0 Å². The van der Waals surface area contributed by atoms with E-state index in [4.69, 9.17) is 20.6 Å². The van der Waals surface area contributed by atoms with Crippen LogP contribution in [0.1, 0.15) is 83.5 Å². The number of amides is 1. The first-order chi connectivity index (χ1) is 13.6. The second-order valence-electron chi connectivity index (χ2n) is 9.05. The van der Waals surface area contributed by atoms with Crippen LogP contribution in [0.4, 0.5) is 0 Å². The molecular weight excluding hydrogens is 354 g/mol. The maximum Gasteiger partial charge on any atom is 0.257 e. The summed E-state index contributed by atoms with van der Waals surface area (Å²) in [5.74, 6) is 1.77. The maximum absolute atomic E-state index is 13.5. The number of nitrogens with zero attached hydrogens (tertiary/aromatic N) is 2. The fourth-order valence-corrected chi connectivity index (χ4v) is 5.41. The van der Waals surface area contributed by atoms with E-state index >= 15 is 0 Å². The fourth-order valence-electron chi connectivity index (χ4n) is 5.41. The zero-order chi connectivity index (χ0) is 19.8. The Morgan fingerprint density at radius 3 is 2.32 bits per heavy atom. The smallest absolute Gasteiger partial charge is 0.257 e. The van der Waals surface area contributed by atoms with Gasteiger partial charge in [-0.15, -0.1) is 0 Å². The first kappa shape index (κ1) is 21.6. The summed E-state index contributed by atoms with van der Waals surface area (Å²) >= 11 is 0. The second kappa shape index (κ2) is 10.6. The van der Waals surface area contributed by atoms with E-state index in [0.29, 0.717) is 25.0 Å². The van der Waals surface area contributed by atoms with Gasteiger partial charge in [0.05, 0.1) is 26.4 Å². The molecule has 6 nitrogen and oxygen atoms in total. The molecule has 2 saturated carbocycles. The van der Waals surface area contributed by atoms with Crippen LogP contribution in [0.15, 0.2) is 4.99 Å². The Bertz CT molecular complexity index is 527. The lowest BCUT2D eigenvalue weighted by Crippen LogP contribution is -2.46. The summed E-state index contributed by atoms with van der Waals surface area (Å²) in [5.41, 5.74) is 5.57. The Kier molecular flexibility index (Phi) is 8.15. The molecule has 0 radical (unpaired) electrons. The lowest BCUT2D eigenvalue weighted by atomic mass is 9.75. The highest BCUT2D eigenvalue weighted by Crippen LogP contribution is 2.40. The highest BCUT2D eigenvalue weighted by atomic mass is 16.5. The van der Waals surface area contributed by atoms with E-state index in [2.05, 4.69) is 0 Å². The van der Waals surface area contributed by atoms with Gasteiger partial charge in [-0.2, -0.15) is 0 Å². The summed E-state index contributed by atoms with van der Waals surface area (Å²) in [6, 6.07) is 0. The molecule has 160 valence electrons. The third kappa shape index (κ3) is 5.47. The molecule has 0 spiro atoms. The summed E-state index contributed by atoms with van der Waals surface area (Å²) < 4.78 is 5.36. The summed E-state index contributed by atoms with van der Waals surface area (Å²) in [6.45, 7) is 1.08. The van der Waals surface area contributed by atoms with Gasteiger partial charge in [-0.25, -0.2) is 4.99 Å². The predicted octanol–water partition coefficient (Wildman–Crippen LogP) is 3.22. The summed E-state index contributed by atoms with van der Waals surface area (Å²) in [4.78, 5) is 19.9. The van der Waals surface area contributed by atoms with Gasteiger partial charge in [0.25, 0.3) is 5.91 Å².